The van der Waals surface area contributed by atoms with Crippen LogP contribution in [-0.4, -0.2) is 0 Å². The molecule has 0 atom stereocenters. The zero-order chi connectivity index (χ0) is 12.4. The number of anilines is 1. The van der Waals surface area contributed by atoms with Gasteiger partial charge in [0.05, 0.1) is 5.69 Å². The summed E-state index contributed by atoms with van der Waals surface area (Å²) >= 11 is 2.16. The Labute approximate surface area is 113 Å². The fourth-order valence-corrected chi connectivity index (χ4v) is 1.95. The number of ether oxygens (including phenoxy) is 1. The summed E-state index contributed by atoms with van der Waals surface area (Å²) < 4.78 is 20.2. The fraction of sp³-hybridized carbons (Fsp3) is 0.0769. The lowest BCUT2D eigenvalue weighted by Crippen LogP contribution is -1.95. The molecule has 2 aromatic rings. The standard InChI is InChI=1S/C13H11FINO/c1-8-3-2-4-12(13(8)14)17-11-6-5-9(15)7-10(11)16/h2-7H,16H2,1H3. The van der Waals surface area contributed by atoms with E-state index in [1.165, 1.54) is 0 Å². The molecule has 0 aromatic heterocycles. The number of nitrogen functional groups attached to an aromatic ring is 1. The summed E-state index contributed by atoms with van der Waals surface area (Å²) in [5, 5.41) is 0. The van der Waals surface area contributed by atoms with Gasteiger partial charge in [0.15, 0.2) is 17.3 Å². The lowest BCUT2D eigenvalue weighted by molar-refractivity contribution is 0.442. The molecule has 4 heteroatoms. The van der Waals surface area contributed by atoms with E-state index in [2.05, 4.69) is 22.6 Å². The number of hydrogen-bond acceptors (Lipinski definition) is 2. The van der Waals surface area contributed by atoms with Crippen LogP contribution in [0.2, 0.25) is 0 Å². The highest BCUT2D eigenvalue weighted by atomic mass is 127. The molecule has 17 heavy (non-hydrogen) atoms. The van der Waals surface area contributed by atoms with E-state index >= 15 is 0 Å². The maximum Gasteiger partial charge on any atom is 0.168 e. The van der Waals surface area contributed by atoms with E-state index in [-0.39, 0.29) is 11.6 Å². The lowest BCUT2D eigenvalue weighted by Gasteiger charge is -2.10. The van der Waals surface area contributed by atoms with Crippen molar-refractivity contribution in [2.75, 3.05) is 5.73 Å². The van der Waals surface area contributed by atoms with Crippen molar-refractivity contribution < 1.29 is 9.13 Å². The summed E-state index contributed by atoms with van der Waals surface area (Å²) in [6.45, 7) is 1.69. The molecule has 2 nitrogen and oxygen atoms in total. The second kappa shape index (κ2) is 4.91. The maximum absolute atomic E-state index is 13.7. The minimum absolute atomic E-state index is 0.193. The number of hydrogen-bond donors (Lipinski definition) is 1. The Morgan fingerprint density at radius 1 is 1.18 bits per heavy atom. The monoisotopic (exact) mass is 343 g/mol. The summed E-state index contributed by atoms with van der Waals surface area (Å²) in [7, 11) is 0. The van der Waals surface area contributed by atoms with Gasteiger partial charge in [-0.15, -0.1) is 0 Å². The van der Waals surface area contributed by atoms with Gasteiger partial charge < -0.3 is 10.5 Å². The molecule has 88 valence electrons. The molecular formula is C13H11FINO. The van der Waals surface area contributed by atoms with Crippen molar-refractivity contribution >= 4 is 28.3 Å². The van der Waals surface area contributed by atoms with Crippen LogP contribution in [-0.2, 0) is 0 Å². The average Bonchev–Trinajstić information content (AvgIpc) is 2.28. The van der Waals surface area contributed by atoms with E-state index in [9.17, 15) is 4.39 Å². The van der Waals surface area contributed by atoms with Crippen molar-refractivity contribution in [1.82, 2.24) is 0 Å². The molecule has 0 radical (unpaired) electrons. The Balaban J connectivity index is 2.35. The van der Waals surface area contributed by atoms with Gasteiger partial charge in [-0.2, -0.15) is 0 Å². The van der Waals surface area contributed by atoms with Crippen LogP contribution in [0.25, 0.3) is 0 Å². The summed E-state index contributed by atoms with van der Waals surface area (Å²) in [4.78, 5) is 0. The largest absolute Gasteiger partial charge is 0.452 e. The molecule has 0 amide bonds. The van der Waals surface area contributed by atoms with Gasteiger partial charge in [-0.3, -0.25) is 0 Å². The van der Waals surface area contributed by atoms with Crippen LogP contribution in [0, 0.1) is 16.3 Å². The van der Waals surface area contributed by atoms with E-state index in [0.29, 0.717) is 17.0 Å². The van der Waals surface area contributed by atoms with Crippen molar-refractivity contribution in [2.24, 2.45) is 0 Å². The normalized spacial score (nSPS) is 10.3. The summed E-state index contributed by atoms with van der Waals surface area (Å²) in [5.41, 5.74) is 6.85. The molecule has 0 saturated carbocycles. The molecule has 0 spiro atoms. The van der Waals surface area contributed by atoms with Crippen LogP contribution in [0.3, 0.4) is 0 Å². The number of benzene rings is 2. The van der Waals surface area contributed by atoms with E-state index in [1.54, 1.807) is 37.3 Å². The Morgan fingerprint density at radius 2 is 1.94 bits per heavy atom. The van der Waals surface area contributed by atoms with Crippen molar-refractivity contribution in [3.8, 4) is 11.5 Å². The second-order valence-corrected chi connectivity index (χ2v) is 4.92. The van der Waals surface area contributed by atoms with E-state index < -0.39 is 0 Å². The maximum atomic E-state index is 13.7. The van der Waals surface area contributed by atoms with Crippen LogP contribution in [0.5, 0.6) is 11.5 Å². The van der Waals surface area contributed by atoms with E-state index in [0.717, 1.165) is 3.57 Å². The first-order chi connectivity index (χ1) is 8.08. The molecule has 2 aromatic carbocycles. The van der Waals surface area contributed by atoms with Crippen molar-refractivity contribution in [2.45, 2.75) is 6.92 Å². The molecule has 0 unspecified atom stereocenters. The fourth-order valence-electron chi connectivity index (χ4n) is 1.43. The van der Waals surface area contributed by atoms with Crippen molar-refractivity contribution in [3.05, 3.63) is 51.3 Å². The molecule has 2 N–H and O–H groups in total. The number of aryl methyl sites for hydroxylation is 1. The highest BCUT2D eigenvalue weighted by molar-refractivity contribution is 14.1. The first-order valence-corrected chi connectivity index (χ1v) is 6.14. The smallest absolute Gasteiger partial charge is 0.168 e. The zero-order valence-corrected chi connectivity index (χ0v) is 11.4. The number of rotatable bonds is 2. The Bertz CT molecular complexity index is 557. The molecule has 0 aliphatic carbocycles. The number of halogens is 2. The molecule has 0 bridgehead atoms. The third-order valence-electron chi connectivity index (χ3n) is 2.35. The quantitative estimate of drug-likeness (QED) is 0.658. The molecular weight excluding hydrogens is 332 g/mol. The van der Waals surface area contributed by atoms with Gasteiger partial charge >= 0.3 is 0 Å². The molecule has 0 fully saturated rings. The summed E-state index contributed by atoms with van der Waals surface area (Å²) in [6.07, 6.45) is 0. The molecule has 0 saturated heterocycles. The second-order valence-electron chi connectivity index (χ2n) is 3.67. The SMILES string of the molecule is Cc1cccc(Oc2ccc(I)cc2N)c1F. The highest BCUT2D eigenvalue weighted by Crippen LogP contribution is 2.30. The highest BCUT2D eigenvalue weighted by Gasteiger charge is 2.08. The Hall–Kier alpha value is -1.30. The average molecular weight is 343 g/mol. The van der Waals surface area contributed by atoms with Crippen LogP contribution >= 0.6 is 22.6 Å². The lowest BCUT2D eigenvalue weighted by atomic mass is 10.2. The predicted molar refractivity (Wildman–Crippen MR) is 74.8 cm³/mol. The van der Waals surface area contributed by atoms with Crippen LogP contribution in [0.4, 0.5) is 10.1 Å². The van der Waals surface area contributed by atoms with Gasteiger partial charge in [-0.1, -0.05) is 12.1 Å². The van der Waals surface area contributed by atoms with E-state index in [4.69, 9.17) is 10.5 Å². The van der Waals surface area contributed by atoms with E-state index in [1.807, 2.05) is 6.07 Å². The third kappa shape index (κ3) is 2.69. The molecule has 0 aliphatic heterocycles. The summed E-state index contributed by atoms with van der Waals surface area (Å²) in [6, 6.07) is 10.4. The molecule has 0 aliphatic rings. The minimum Gasteiger partial charge on any atom is -0.452 e. The predicted octanol–water partition coefficient (Wildman–Crippen LogP) is 4.11. The Kier molecular flexibility index (Phi) is 3.51. The molecule has 0 heterocycles. The van der Waals surface area contributed by atoms with Gasteiger partial charge in [0.1, 0.15) is 0 Å². The summed E-state index contributed by atoms with van der Waals surface area (Å²) in [5.74, 6) is 0.304. The first kappa shape index (κ1) is 12.2. The third-order valence-corrected chi connectivity index (χ3v) is 3.02. The van der Waals surface area contributed by atoms with Gasteiger partial charge in [-0.05, 0) is 59.3 Å². The zero-order valence-electron chi connectivity index (χ0n) is 9.21. The van der Waals surface area contributed by atoms with Crippen molar-refractivity contribution in [1.29, 1.82) is 0 Å². The van der Waals surface area contributed by atoms with Gasteiger partial charge in [0.25, 0.3) is 0 Å². The topological polar surface area (TPSA) is 35.2 Å². The van der Waals surface area contributed by atoms with Crippen LogP contribution in [0.15, 0.2) is 36.4 Å². The number of nitrogens with two attached hydrogens (primary N) is 1. The van der Waals surface area contributed by atoms with Gasteiger partial charge in [-0.25, -0.2) is 4.39 Å². The van der Waals surface area contributed by atoms with Gasteiger partial charge in [0, 0.05) is 3.57 Å². The Morgan fingerprint density at radius 3 is 2.65 bits per heavy atom. The van der Waals surface area contributed by atoms with Crippen LogP contribution < -0.4 is 10.5 Å². The first-order valence-electron chi connectivity index (χ1n) is 5.06. The van der Waals surface area contributed by atoms with Crippen molar-refractivity contribution in [3.63, 3.8) is 0 Å². The minimum atomic E-state index is -0.356. The molecule has 2 rings (SSSR count). The van der Waals surface area contributed by atoms with Crippen LogP contribution in [0.1, 0.15) is 5.56 Å². The van der Waals surface area contributed by atoms with Gasteiger partial charge in [0.2, 0.25) is 0 Å².